The zero-order valence-electron chi connectivity index (χ0n) is 14.9. The highest BCUT2D eigenvalue weighted by molar-refractivity contribution is 6.06. The van der Waals surface area contributed by atoms with Crippen LogP contribution in [0.15, 0.2) is 66.9 Å². The third-order valence-electron chi connectivity index (χ3n) is 3.97. The fourth-order valence-electron chi connectivity index (χ4n) is 2.65. The Balaban J connectivity index is 1.78. The first-order valence-electron chi connectivity index (χ1n) is 8.39. The van der Waals surface area contributed by atoms with E-state index in [1.807, 2.05) is 67.5 Å². The van der Waals surface area contributed by atoms with Gasteiger partial charge < -0.3 is 16.0 Å². The number of benzene rings is 2. The van der Waals surface area contributed by atoms with E-state index in [0.29, 0.717) is 16.9 Å². The van der Waals surface area contributed by atoms with Crippen LogP contribution in [-0.2, 0) is 6.54 Å². The molecule has 0 radical (unpaired) electrons. The van der Waals surface area contributed by atoms with Crippen LogP contribution in [-0.4, -0.2) is 29.9 Å². The van der Waals surface area contributed by atoms with E-state index in [1.54, 1.807) is 18.3 Å². The molecule has 132 valence electrons. The van der Waals surface area contributed by atoms with Crippen LogP contribution < -0.4 is 11.1 Å². The minimum absolute atomic E-state index is 0.231. The number of rotatable bonds is 5. The average molecular weight is 346 g/mol. The molecule has 0 fully saturated rings. The van der Waals surface area contributed by atoms with Crippen molar-refractivity contribution in [2.45, 2.75) is 6.54 Å². The zero-order chi connectivity index (χ0) is 18.5. The van der Waals surface area contributed by atoms with E-state index in [4.69, 9.17) is 5.73 Å². The molecule has 0 unspecified atom stereocenters. The van der Waals surface area contributed by atoms with E-state index in [2.05, 4.69) is 10.3 Å². The number of carbonyl (C=O) groups is 1. The first-order chi connectivity index (χ1) is 12.5. The summed E-state index contributed by atoms with van der Waals surface area (Å²) in [7, 11) is 3.95. The minimum Gasteiger partial charge on any atom is -0.397 e. The first-order valence-corrected chi connectivity index (χ1v) is 8.39. The minimum atomic E-state index is -0.231. The number of pyridine rings is 1. The number of aromatic nitrogens is 1. The van der Waals surface area contributed by atoms with Gasteiger partial charge in [0.05, 0.1) is 22.6 Å². The van der Waals surface area contributed by atoms with E-state index >= 15 is 0 Å². The molecule has 5 heteroatoms. The van der Waals surface area contributed by atoms with Gasteiger partial charge in [0.2, 0.25) is 0 Å². The molecule has 0 aliphatic rings. The second kappa shape index (κ2) is 7.80. The van der Waals surface area contributed by atoms with Gasteiger partial charge in [-0.05, 0) is 49.5 Å². The highest BCUT2D eigenvalue weighted by atomic mass is 16.1. The van der Waals surface area contributed by atoms with Crippen LogP contribution in [0, 0.1) is 0 Å². The Kier molecular flexibility index (Phi) is 5.29. The van der Waals surface area contributed by atoms with Crippen LogP contribution in [0.4, 0.5) is 11.4 Å². The molecular formula is C21H22N4O. The summed E-state index contributed by atoms with van der Waals surface area (Å²) < 4.78 is 0. The fraction of sp³-hybridized carbons (Fsp3) is 0.143. The Labute approximate surface area is 153 Å². The predicted octanol–water partition coefficient (Wildman–Crippen LogP) is 3.64. The van der Waals surface area contributed by atoms with Crippen LogP contribution in [0.2, 0.25) is 0 Å². The molecule has 0 aliphatic carbocycles. The van der Waals surface area contributed by atoms with E-state index in [1.165, 1.54) is 0 Å². The van der Waals surface area contributed by atoms with Crippen LogP contribution >= 0.6 is 0 Å². The van der Waals surface area contributed by atoms with Crippen molar-refractivity contribution in [2.75, 3.05) is 25.1 Å². The molecule has 1 heterocycles. The molecule has 1 aromatic heterocycles. The van der Waals surface area contributed by atoms with Gasteiger partial charge in [0.25, 0.3) is 5.91 Å². The summed E-state index contributed by atoms with van der Waals surface area (Å²) in [5.41, 5.74) is 10.6. The fourth-order valence-corrected chi connectivity index (χ4v) is 2.65. The number of nitrogens with one attached hydrogen (secondary N) is 1. The topological polar surface area (TPSA) is 71.2 Å². The van der Waals surface area contributed by atoms with Crippen molar-refractivity contribution in [3.63, 3.8) is 0 Å². The first kappa shape index (κ1) is 17.6. The molecule has 3 N–H and O–H groups in total. The lowest BCUT2D eigenvalue weighted by Gasteiger charge is -2.12. The van der Waals surface area contributed by atoms with Crippen molar-refractivity contribution in [1.29, 1.82) is 0 Å². The summed E-state index contributed by atoms with van der Waals surface area (Å²) in [5.74, 6) is -0.231. The van der Waals surface area contributed by atoms with Crippen LogP contribution in [0.3, 0.4) is 0 Å². The number of anilines is 2. The Bertz CT molecular complexity index is 890. The van der Waals surface area contributed by atoms with Crippen molar-refractivity contribution in [3.05, 3.63) is 78.1 Å². The molecule has 5 nitrogen and oxygen atoms in total. The Morgan fingerprint density at radius 1 is 1.04 bits per heavy atom. The summed E-state index contributed by atoms with van der Waals surface area (Å²) in [6.45, 7) is 0.730. The Morgan fingerprint density at radius 2 is 1.81 bits per heavy atom. The largest absolute Gasteiger partial charge is 0.397 e. The molecule has 3 rings (SSSR count). The van der Waals surface area contributed by atoms with Crippen LogP contribution in [0.5, 0.6) is 0 Å². The smallest absolute Gasteiger partial charge is 0.257 e. The molecule has 3 aromatic rings. The third-order valence-corrected chi connectivity index (χ3v) is 3.97. The summed E-state index contributed by atoms with van der Waals surface area (Å²) in [6, 6.07) is 19.2. The lowest BCUT2D eigenvalue weighted by atomic mass is 10.0. The quantitative estimate of drug-likeness (QED) is 0.692. The highest BCUT2D eigenvalue weighted by Crippen LogP contribution is 2.27. The van der Waals surface area contributed by atoms with E-state index in [0.717, 1.165) is 23.4 Å². The second-order valence-electron chi connectivity index (χ2n) is 6.40. The van der Waals surface area contributed by atoms with Gasteiger partial charge in [-0.25, -0.2) is 0 Å². The van der Waals surface area contributed by atoms with Crippen molar-refractivity contribution < 1.29 is 4.79 Å². The van der Waals surface area contributed by atoms with E-state index < -0.39 is 0 Å². The SMILES string of the molecule is CN(C)Cc1ccc(C(=O)Nc2cc(-c3ccccc3)ccc2N)cn1. The molecule has 0 saturated carbocycles. The maximum absolute atomic E-state index is 12.5. The number of nitrogen functional groups attached to an aromatic ring is 1. The summed E-state index contributed by atoms with van der Waals surface area (Å²) in [6.07, 6.45) is 1.59. The maximum atomic E-state index is 12.5. The number of hydrogen-bond donors (Lipinski definition) is 2. The van der Waals surface area contributed by atoms with Gasteiger partial charge in [-0.3, -0.25) is 9.78 Å². The van der Waals surface area contributed by atoms with Gasteiger partial charge >= 0.3 is 0 Å². The summed E-state index contributed by atoms with van der Waals surface area (Å²) >= 11 is 0. The van der Waals surface area contributed by atoms with Gasteiger partial charge in [-0.2, -0.15) is 0 Å². The van der Waals surface area contributed by atoms with E-state index in [-0.39, 0.29) is 5.91 Å². The Hall–Kier alpha value is -3.18. The molecule has 0 saturated heterocycles. The van der Waals surface area contributed by atoms with Crippen molar-refractivity contribution in [2.24, 2.45) is 0 Å². The van der Waals surface area contributed by atoms with Gasteiger partial charge in [0.15, 0.2) is 0 Å². The molecule has 2 aromatic carbocycles. The highest BCUT2D eigenvalue weighted by Gasteiger charge is 2.10. The Morgan fingerprint density at radius 3 is 2.46 bits per heavy atom. The van der Waals surface area contributed by atoms with Crippen molar-refractivity contribution in [1.82, 2.24) is 9.88 Å². The van der Waals surface area contributed by atoms with Gasteiger partial charge in [-0.15, -0.1) is 0 Å². The van der Waals surface area contributed by atoms with Crippen molar-refractivity contribution >= 4 is 17.3 Å². The average Bonchev–Trinajstić information content (AvgIpc) is 2.64. The molecule has 0 atom stereocenters. The zero-order valence-corrected chi connectivity index (χ0v) is 14.9. The lowest BCUT2D eigenvalue weighted by Crippen LogP contribution is -2.15. The molecule has 0 aliphatic heterocycles. The van der Waals surface area contributed by atoms with Crippen LogP contribution in [0.1, 0.15) is 16.1 Å². The molecular weight excluding hydrogens is 324 g/mol. The maximum Gasteiger partial charge on any atom is 0.257 e. The van der Waals surface area contributed by atoms with E-state index in [9.17, 15) is 4.79 Å². The number of nitrogens with zero attached hydrogens (tertiary/aromatic N) is 2. The van der Waals surface area contributed by atoms with Gasteiger partial charge in [0.1, 0.15) is 0 Å². The summed E-state index contributed by atoms with van der Waals surface area (Å²) in [4.78, 5) is 18.9. The summed E-state index contributed by atoms with van der Waals surface area (Å²) in [5, 5.41) is 2.88. The van der Waals surface area contributed by atoms with Crippen LogP contribution in [0.25, 0.3) is 11.1 Å². The monoisotopic (exact) mass is 346 g/mol. The number of hydrogen-bond acceptors (Lipinski definition) is 4. The second-order valence-corrected chi connectivity index (χ2v) is 6.40. The van der Waals surface area contributed by atoms with Crippen molar-refractivity contribution in [3.8, 4) is 11.1 Å². The molecule has 26 heavy (non-hydrogen) atoms. The molecule has 0 spiro atoms. The van der Waals surface area contributed by atoms with Gasteiger partial charge in [0, 0.05) is 12.7 Å². The predicted molar refractivity (Wildman–Crippen MR) is 106 cm³/mol. The lowest BCUT2D eigenvalue weighted by molar-refractivity contribution is 0.102. The van der Waals surface area contributed by atoms with Gasteiger partial charge in [-0.1, -0.05) is 36.4 Å². The number of carbonyl (C=O) groups excluding carboxylic acids is 1. The third kappa shape index (κ3) is 4.26. The molecule has 0 bridgehead atoms. The number of amides is 1. The normalized spacial score (nSPS) is 10.7. The molecule has 1 amide bonds. The number of nitrogens with two attached hydrogens (primary N) is 1. The standard InChI is InChI=1S/C21H22N4O/c1-25(2)14-18-10-8-17(13-23-18)21(26)24-20-12-16(9-11-19(20)22)15-6-4-3-5-7-15/h3-13H,14,22H2,1-2H3,(H,24,26).